The molecule has 1 amide bonds. The van der Waals surface area contributed by atoms with Gasteiger partial charge in [0.2, 0.25) is 5.91 Å². The van der Waals surface area contributed by atoms with Gasteiger partial charge in [-0.3, -0.25) is 9.69 Å². The second-order valence-corrected chi connectivity index (χ2v) is 8.26. The van der Waals surface area contributed by atoms with Gasteiger partial charge in [0.05, 0.1) is 0 Å². The second-order valence-electron chi connectivity index (χ2n) is 8.26. The van der Waals surface area contributed by atoms with E-state index >= 15 is 0 Å². The van der Waals surface area contributed by atoms with Crippen molar-refractivity contribution in [3.63, 3.8) is 0 Å². The van der Waals surface area contributed by atoms with Gasteiger partial charge in [0, 0.05) is 56.6 Å². The molecule has 1 saturated carbocycles. The molecule has 5 nitrogen and oxygen atoms in total. The monoisotopic (exact) mass is 427 g/mol. The van der Waals surface area contributed by atoms with Gasteiger partial charge in [0.25, 0.3) is 0 Å². The number of rotatable bonds is 8. The van der Waals surface area contributed by atoms with Crippen LogP contribution in [0.15, 0.2) is 12.1 Å². The predicted octanol–water partition coefficient (Wildman–Crippen LogP) is 3.33. The van der Waals surface area contributed by atoms with Gasteiger partial charge >= 0.3 is 0 Å². The highest BCUT2D eigenvalue weighted by Crippen LogP contribution is 2.28. The number of piperazine rings is 1. The van der Waals surface area contributed by atoms with Crippen LogP contribution < -0.4 is 10.2 Å². The third-order valence-corrected chi connectivity index (χ3v) is 6.21. The number of nitrogens with one attached hydrogen (secondary N) is 1. The molecular formula is C22H32F3N3O2. The summed E-state index contributed by atoms with van der Waals surface area (Å²) < 4.78 is 45.2. The smallest absolute Gasteiger partial charge is 0.246 e. The quantitative estimate of drug-likeness (QED) is 0.647. The topological polar surface area (TPSA) is 44.8 Å². The molecule has 30 heavy (non-hydrogen) atoms. The molecule has 3 rings (SSSR count). The van der Waals surface area contributed by atoms with E-state index in [4.69, 9.17) is 4.74 Å². The minimum atomic E-state index is -1.42. The van der Waals surface area contributed by atoms with Crippen molar-refractivity contribution in [1.82, 2.24) is 10.2 Å². The number of nitrogens with zero attached hydrogens (tertiary/aromatic N) is 2. The molecule has 2 aliphatic rings. The normalized spacial score (nSPS) is 22.9. The first-order valence-electron chi connectivity index (χ1n) is 10.9. The zero-order valence-corrected chi connectivity index (χ0v) is 17.6. The molecule has 0 spiro atoms. The molecular weight excluding hydrogens is 395 g/mol. The number of halogens is 3. The Morgan fingerprint density at radius 3 is 2.30 bits per heavy atom. The minimum Gasteiger partial charge on any atom is -0.372 e. The molecule has 168 valence electrons. The molecule has 0 unspecified atom stereocenters. The molecule has 2 fully saturated rings. The highest BCUT2D eigenvalue weighted by molar-refractivity contribution is 5.77. The summed E-state index contributed by atoms with van der Waals surface area (Å²) in [6.07, 6.45) is 5.39. The van der Waals surface area contributed by atoms with Crippen LogP contribution in [0.4, 0.5) is 18.9 Å². The Bertz CT molecular complexity index is 680. The Kier molecular flexibility index (Phi) is 8.39. The molecule has 1 aromatic carbocycles. The maximum absolute atomic E-state index is 13.5. The summed E-state index contributed by atoms with van der Waals surface area (Å²) in [5, 5.41) is 3.05. The van der Waals surface area contributed by atoms with E-state index in [-0.39, 0.29) is 18.6 Å². The van der Waals surface area contributed by atoms with Gasteiger partial charge in [-0.2, -0.15) is 0 Å². The number of carbonyl (C=O) groups is 1. The predicted molar refractivity (Wildman–Crippen MR) is 110 cm³/mol. The molecule has 1 aliphatic carbocycles. The largest absolute Gasteiger partial charge is 0.372 e. The van der Waals surface area contributed by atoms with Gasteiger partial charge in [-0.1, -0.05) is 0 Å². The maximum atomic E-state index is 13.5. The molecule has 1 aromatic rings. The number of hydrogen-bond acceptors (Lipinski definition) is 4. The van der Waals surface area contributed by atoms with Crippen molar-refractivity contribution in [1.29, 1.82) is 0 Å². The standard InChI is InChI=1S/C22H32F3N3O2/c1-2-30-15-21(29)26-17-5-3-16(4-6-17)7-8-27-9-11-28(12-10-27)18-13-19(23)22(25)20(24)14-18/h13-14,16-17H,2-12,15H2,1H3,(H,26,29). The fourth-order valence-electron chi connectivity index (χ4n) is 4.38. The van der Waals surface area contributed by atoms with Crippen molar-refractivity contribution in [2.45, 2.75) is 45.1 Å². The SMILES string of the molecule is CCOCC(=O)NC1CCC(CCN2CCN(c3cc(F)c(F)c(F)c3)CC2)CC1. The van der Waals surface area contributed by atoms with Gasteiger partial charge in [0.1, 0.15) is 6.61 Å². The molecule has 0 bridgehead atoms. The van der Waals surface area contributed by atoms with E-state index in [1.54, 1.807) is 0 Å². The van der Waals surface area contributed by atoms with Crippen LogP contribution in [0.1, 0.15) is 39.0 Å². The number of carbonyl (C=O) groups excluding carboxylic acids is 1. The first kappa shape index (κ1) is 22.9. The molecule has 1 N–H and O–H groups in total. The summed E-state index contributed by atoms with van der Waals surface area (Å²) in [7, 11) is 0. The number of ether oxygens (including phenoxy) is 1. The van der Waals surface area contributed by atoms with Gasteiger partial charge in [-0.05, 0) is 51.5 Å². The zero-order valence-electron chi connectivity index (χ0n) is 17.6. The van der Waals surface area contributed by atoms with E-state index in [9.17, 15) is 18.0 Å². The molecule has 0 atom stereocenters. The van der Waals surface area contributed by atoms with Gasteiger partial charge < -0.3 is 15.0 Å². The molecule has 1 heterocycles. The summed E-state index contributed by atoms with van der Waals surface area (Å²) in [5.41, 5.74) is 0.399. The van der Waals surface area contributed by atoms with Crippen LogP contribution in [0.3, 0.4) is 0 Å². The molecule has 1 aliphatic heterocycles. The molecule has 0 radical (unpaired) electrons. The lowest BCUT2D eigenvalue weighted by Crippen LogP contribution is -2.47. The van der Waals surface area contributed by atoms with E-state index < -0.39 is 17.5 Å². The van der Waals surface area contributed by atoms with E-state index in [2.05, 4.69) is 10.2 Å². The lowest BCUT2D eigenvalue weighted by molar-refractivity contribution is -0.126. The fraction of sp³-hybridized carbons (Fsp3) is 0.682. The van der Waals surface area contributed by atoms with E-state index in [1.807, 2.05) is 11.8 Å². The van der Waals surface area contributed by atoms with Crippen LogP contribution in [-0.4, -0.2) is 62.8 Å². The van der Waals surface area contributed by atoms with E-state index in [1.165, 1.54) is 0 Å². The van der Waals surface area contributed by atoms with Crippen molar-refractivity contribution in [2.24, 2.45) is 5.92 Å². The third kappa shape index (κ3) is 6.35. The third-order valence-electron chi connectivity index (χ3n) is 6.21. The van der Waals surface area contributed by atoms with Crippen molar-refractivity contribution in [3.05, 3.63) is 29.6 Å². The lowest BCUT2D eigenvalue weighted by atomic mass is 9.84. The highest BCUT2D eigenvalue weighted by Gasteiger charge is 2.24. The Balaban J connectivity index is 1.34. The number of hydrogen-bond donors (Lipinski definition) is 1. The second kappa shape index (κ2) is 11.0. The molecule has 0 aromatic heterocycles. The Labute approximate surface area is 176 Å². The van der Waals surface area contributed by atoms with Gasteiger partial charge in [-0.15, -0.1) is 0 Å². The van der Waals surface area contributed by atoms with E-state index in [0.717, 1.165) is 63.9 Å². The van der Waals surface area contributed by atoms with Gasteiger partial charge in [-0.25, -0.2) is 13.2 Å². The first-order chi connectivity index (χ1) is 14.5. The van der Waals surface area contributed by atoms with Crippen molar-refractivity contribution >= 4 is 11.6 Å². The van der Waals surface area contributed by atoms with Crippen LogP contribution in [0.5, 0.6) is 0 Å². The van der Waals surface area contributed by atoms with Gasteiger partial charge in [0.15, 0.2) is 17.5 Å². The van der Waals surface area contributed by atoms with Crippen LogP contribution in [-0.2, 0) is 9.53 Å². The van der Waals surface area contributed by atoms with Crippen LogP contribution in [0, 0.1) is 23.4 Å². The summed E-state index contributed by atoms with van der Waals surface area (Å²) in [5.74, 6) is -3.06. The molecule has 1 saturated heterocycles. The summed E-state index contributed by atoms with van der Waals surface area (Å²) in [4.78, 5) is 16.0. The van der Waals surface area contributed by atoms with Crippen LogP contribution >= 0.6 is 0 Å². The summed E-state index contributed by atoms with van der Waals surface area (Å²) in [6, 6.07) is 2.40. The van der Waals surface area contributed by atoms with Crippen molar-refractivity contribution in [2.75, 3.05) is 50.8 Å². The van der Waals surface area contributed by atoms with Crippen LogP contribution in [0.25, 0.3) is 0 Å². The lowest BCUT2D eigenvalue weighted by Gasteiger charge is -2.37. The average molecular weight is 428 g/mol. The van der Waals surface area contributed by atoms with Crippen molar-refractivity contribution in [3.8, 4) is 0 Å². The number of benzene rings is 1. The highest BCUT2D eigenvalue weighted by atomic mass is 19.2. The Morgan fingerprint density at radius 1 is 1.07 bits per heavy atom. The van der Waals surface area contributed by atoms with Crippen LogP contribution in [0.2, 0.25) is 0 Å². The summed E-state index contributed by atoms with van der Waals surface area (Å²) in [6.45, 7) is 6.55. The summed E-state index contributed by atoms with van der Waals surface area (Å²) >= 11 is 0. The fourth-order valence-corrected chi connectivity index (χ4v) is 4.38. The number of amides is 1. The number of anilines is 1. The van der Waals surface area contributed by atoms with Crippen molar-refractivity contribution < 1.29 is 22.7 Å². The zero-order chi connectivity index (χ0) is 21.5. The first-order valence-corrected chi connectivity index (χ1v) is 10.9. The Morgan fingerprint density at radius 2 is 1.70 bits per heavy atom. The maximum Gasteiger partial charge on any atom is 0.246 e. The minimum absolute atomic E-state index is 0.0286. The van der Waals surface area contributed by atoms with E-state index in [0.29, 0.717) is 31.3 Å². The molecule has 8 heteroatoms. The average Bonchev–Trinajstić information content (AvgIpc) is 2.75. The Hall–Kier alpha value is -1.80.